The van der Waals surface area contributed by atoms with E-state index < -0.39 is 0 Å². The van der Waals surface area contributed by atoms with Gasteiger partial charge in [-0.15, -0.1) is 0 Å². The van der Waals surface area contributed by atoms with E-state index in [4.69, 9.17) is 16.8 Å². The Hall–Kier alpha value is -4.19. The van der Waals surface area contributed by atoms with E-state index in [1.165, 1.54) is 10.6 Å². The standard InChI is InChI=1S/C28H31N7O/c29-16-21-6-8-23(9-7-21)18-34-14-12-25(13-15-34)33-28(36)27-11-10-24(17-32-27)26(30)20-35(31)19-22-4-2-1-3-5-22/h1-11,17,20,25H,12-15,18-19,30-31H2,(H,33,36)/b26-20-. The first-order chi connectivity index (χ1) is 17.5. The van der Waals surface area contributed by atoms with Gasteiger partial charge < -0.3 is 16.1 Å². The molecular formula is C28H31N7O. The fourth-order valence-electron chi connectivity index (χ4n) is 4.23. The zero-order valence-electron chi connectivity index (χ0n) is 20.2. The molecule has 0 saturated carbocycles. The second-order valence-corrected chi connectivity index (χ2v) is 9.01. The van der Waals surface area contributed by atoms with Crippen molar-refractivity contribution in [3.8, 4) is 6.07 Å². The number of amides is 1. The molecule has 0 aliphatic carbocycles. The minimum Gasteiger partial charge on any atom is -0.397 e. The number of hydrazine groups is 1. The van der Waals surface area contributed by atoms with E-state index >= 15 is 0 Å². The number of benzene rings is 2. The molecule has 1 aliphatic heterocycles. The van der Waals surface area contributed by atoms with Crippen LogP contribution in [0.3, 0.4) is 0 Å². The molecule has 1 saturated heterocycles. The molecule has 1 amide bonds. The van der Waals surface area contributed by atoms with Gasteiger partial charge in [-0.2, -0.15) is 5.26 Å². The highest BCUT2D eigenvalue weighted by Gasteiger charge is 2.21. The predicted octanol–water partition coefficient (Wildman–Crippen LogP) is 2.98. The molecule has 36 heavy (non-hydrogen) atoms. The van der Waals surface area contributed by atoms with Crippen molar-refractivity contribution in [3.63, 3.8) is 0 Å². The van der Waals surface area contributed by atoms with Crippen LogP contribution in [0.15, 0.2) is 79.1 Å². The van der Waals surface area contributed by atoms with Gasteiger partial charge in [0.25, 0.3) is 5.91 Å². The summed E-state index contributed by atoms with van der Waals surface area (Å²) < 4.78 is 0. The quantitative estimate of drug-likeness (QED) is 0.334. The summed E-state index contributed by atoms with van der Waals surface area (Å²) in [6.07, 6.45) is 5.01. The maximum Gasteiger partial charge on any atom is 0.270 e. The summed E-state index contributed by atoms with van der Waals surface area (Å²) in [5.41, 5.74) is 10.7. The highest BCUT2D eigenvalue weighted by molar-refractivity contribution is 5.92. The Balaban J connectivity index is 1.25. The van der Waals surface area contributed by atoms with Gasteiger partial charge in [-0.3, -0.25) is 14.7 Å². The minimum atomic E-state index is -0.181. The monoisotopic (exact) mass is 481 g/mol. The van der Waals surface area contributed by atoms with Crippen LogP contribution in [0.2, 0.25) is 0 Å². The van der Waals surface area contributed by atoms with Gasteiger partial charge in [0, 0.05) is 43.6 Å². The fraction of sp³-hybridized carbons (Fsp3) is 0.250. The third-order valence-corrected chi connectivity index (χ3v) is 6.25. The number of hydrogen-bond acceptors (Lipinski definition) is 7. The number of nitrogens with two attached hydrogens (primary N) is 2. The van der Waals surface area contributed by atoms with Crippen molar-refractivity contribution in [2.75, 3.05) is 13.1 Å². The normalized spacial score (nSPS) is 14.7. The van der Waals surface area contributed by atoms with Gasteiger partial charge in [0.05, 0.1) is 23.9 Å². The van der Waals surface area contributed by atoms with E-state index in [-0.39, 0.29) is 11.9 Å². The summed E-state index contributed by atoms with van der Waals surface area (Å²) in [5, 5.41) is 13.6. The SMILES string of the molecule is N#Cc1ccc(CN2CCC(NC(=O)c3ccc(/C(N)=C/N(N)Cc4ccccc4)cn3)CC2)cc1. The molecule has 2 aromatic carbocycles. The molecule has 1 aliphatic rings. The lowest BCUT2D eigenvalue weighted by Gasteiger charge is -2.32. The van der Waals surface area contributed by atoms with Gasteiger partial charge in [0.2, 0.25) is 0 Å². The number of likely N-dealkylation sites (tertiary alicyclic amines) is 1. The number of nitrogens with one attached hydrogen (secondary N) is 1. The molecule has 4 rings (SSSR count). The third-order valence-electron chi connectivity index (χ3n) is 6.25. The first kappa shape index (κ1) is 24.9. The van der Waals surface area contributed by atoms with E-state index in [0.717, 1.165) is 38.0 Å². The van der Waals surface area contributed by atoms with Gasteiger partial charge >= 0.3 is 0 Å². The molecule has 0 bridgehead atoms. The molecule has 8 heteroatoms. The molecule has 2 heterocycles. The van der Waals surface area contributed by atoms with Gasteiger partial charge in [0.1, 0.15) is 5.69 Å². The molecule has 0 atom stereocenters. The smallest absolute Gasteiger partial charge is 0.270 e. The number of piperidine rings is 1. The van der Waals surface area contributed by atoms with Gasteiger partial charge in [-0.05, 0) is 48.2 Å². The Morgan fingerprint density at radius 1 is 1.08 bits per heavy atom. The topological polar surface area (TPSA) is 124 Å². The largest absolute Gasteiger partial charge is 0.397 e. The zero-order chi connectivity index (χ0) is 25.3. The second-order valence-electron chi connectivity index (χ2n) is 9.01. The number of aromatic nitrogens is 1. The molecule has 5 N–H and O–H groups in total. The summed E-state index contributed by atoms with van der Waals surface area (Å²) in [4.78, 5) is 19.4. The highest BCUT2D eigenvalue weighted by atomic mass is 16.1. The molecule has 3 aromatic rings. The Labute approximate surface area is 211 Å². The van der Waals surface area contributed by atoms with Crippen molar-refractivity contribution in [1.29, 1.82) is 5.26 Å². The number of carbonyl (C=O) groups is 1. The van der Waals surface area contributed by atoms with Crippen LogP contribution >= 0.6 is 0 Å². The third kappa shape index (κ3) is 6.92. The highest BCUT2D eigenvalue weighted by Crippen LogP contribution is 2.16. The molecule has 0 unspecified atom stereocenters. The van der Waals surface area contributed by atoms with Crippen molar-refractivity contribution in [3.05, 3.63) is 107 Å². The lowest BCUT2D eigenvalue weighted by atomic mass is 10.0. The zero-order valence-corrected chi connectivity index (χ0v) is 20.2. The van der Waals surface area contributed by atoms with Crippen molar-refractivity contribution >= 4 is 11.6 Å². The van der Waals surface area contributed by atoms with Crippen LogP contribution in [-0.2, 0) is 13.1 Å². The van der Waals surface area contributed by atoms with E-state index in [9.17, 15) is 4.79 Å². The average Bonchev–Trinajstić information content (AvgIpc) is 2.91. The predicted molar refractivity (Wildman–Crippen MR) is 139 cm³/mol. The van der Waals surface area contributed by atoms with Crippen LogP contribution in [0.4, 0.5) is 0 Å². The number of carbonyl (C=O) groups excluding carboxylic acids is 1. The van der Waals surface area contributed by atoms with Crippen LogP contribution in [0.1, 0.15) is 45.6 Å². The molecule has 0 spiro atoms. The number of nitriles is 1. The Morgan fingerprint density at radius 2 is 1.81 bits per heavy atom. The summed E-state index contributed by atoms with van der Waals surface area (Å²) in [6.45, 7) is 3.17. The molecular weight excluding hydrogens is 450 g/mol. The molecule has 184 valence electrons. The summed E-state index contributed by atoms with van der Waals surface area (Å²) in [7, 11) is 0. The maximum absolute atomic E-state index is 12.7. The van der Waals surface area contributed by atoms with Crippen molar-refractivity contribution < 1.29 is 4.79 Å². The van der Waals surface area contributed by atoms with Crippen molar-refractivity contribution in [1.82, 2.24) is 20.2 Å². The van der Waals surface area contributed by atoms with E-state index in [2.05, 4.69) is 21.3 Å². The van der Waals surface area contributed by atoms with Gasteiger partial charge in [-0.25, -0.2) is 5.84 Å². The van der Waals surface area contributed by atoms with Crippen molar-refractivity contribution in [2.24, 2.45) is 11.6 Å². The first-order valence-electron chi connectivity index (χ1n) is 12.0. The van der Waals surface area contributed by atoms with Gasteiger partial charge in [-0.1, -0.05) is 42.5 Å². The van der Waals surface area contributed by atoms with E-state index in [1.54, 1.807) is 24.5 Å². The molecule has 8 nitrogen and oxygen atoms in total. The summed E-state index contributed by atoms with van der Waals surface area (Å²) >= 11 is 0. The van der Waals surface area contributed by atoms with Crippen LogP contribution < -0.4 is 16.9 Å². The van der Waals surface area contributed by atoms with Crippen LogP contribution in [0.25, 0.3) is 5.70 Å². The molecule has 0 radical (unpaired) electrons. The van der Waals surface area contributed by atoms with Gasteiger partial charge in [0.15, 0.2) is 0 Å². The van der Waals surface area contributed by atoms with Crippen LogP contribution in [-0.4, -0.2) is 39.9 Å². The summed E-state index contributed by atoms with van der Waals surface area (Å²) in [5.74, 6) is 5.89. The van der Waals surface area contributed by atoms with E-state index in [0.29, 0.717) is 29.1 Å². The first-order valence-corrected chi connectivity index (χ1v) is 12.0. The molecule has 1 aromatic heterocycles. The minimum absolute atomic E-state index is 0.116. The second kappa shape index (κ2) is 12.0. The fourth-order valence-corrected chi connectivity index (χ4v) is 4.23. The number of rotatable bonds is 8. The van der Waals surface area contributed by atoms with E-state index in [1.807, 2.05) is 54.6 Å². The molecule has 1 fully saturated rings. The van der Waals surface area contributed by atoms with Crippen LogP contribution in [0, 0.1) is 11.3 Å². The number of pyridine rings is 1. The summed E-state index contributed by atoms with van der Waals surface area (Å²) in [6, 6.07) is 23.3. The Kier molecular flexibility index (Phi) is 8.29. The Morgan fingerprint density at radius 3 is 2.44 bits per heavy atom. The Bertz CT molecular complexity index is 1210. The van der Waals surface area contributed by atoms with Crippen molar-refractivity contribution in [2.45, 2.75) is 32.0 Å². The van der Waals surface area contributed by atoms with Crippen LogP contribution in [0.5, 0.6) is 0 Å². The number of hydrogen-bond donors (Lipinski definition) is 3. The maximum atomic E-state index is 12.7. The number of nitrogens with zero attached hydrogens (tertiary/aromatic N) is 4. The lowest BCUT2D eigenvalue weighted by Crippen LogP contribution is -2.44. The lowest BCUT2D eigenvalue weighted by molar-refractivity contribution is 0.0904. The average molecular weight is 482 g/mol.